The highest BCUT2D eigenvalue weighted by atomic mass is 16.1. The molecule has 0 spiro atoms. The molecular formula is C15H25N3O. The van der Waals surface area contributed by atoms with E-state index in [1.54, 1.807) is 6.20 Å². The molecule has 0 bridgehead atoms. The van der Waals surface area contributed by atoms with Crippen molar-refractivity contribution in [2.24, 2.45) is 0 Å². The van der Waals surface area contributed by atoms with Gasteiger partial charge >= 0.3 is 0 Å². The van der Waals surface area contributed by atoms with Crippen molar-refractivity contribution in [1.82, 2.24) is 10.3 Å². The topological polar surface area (TPSA) is 45.2 Å². The number of hydrogen-bond acceptors (Lipinski definition) is 3. The van der Waals surface area contributed by atoms with Gasteiger partial charge in [0.15, 0.2) is 0 Å². The molecule has 106 valence electrons. The second-order valence-corrected chi connectivity index (χ2v) is 4.74. The number of pyridine rings is 1. The lowest BCUT2D eigenvalue weighted by molar-refractivity contribution is 0.0938. The standard InChI is InChI=1S/C15H25N3O/c1-5-8-12(4)17-15(19)13-9-10-14(16-11-13)18(6-2)7-3/h9-12H,5-8H2,1-4H3,(H,17,19). The normalized spacial score (nSPS) is 12.0. The molecule has 1 amide bonds. The Kier molecular flexibility index (Phi) is 6.33. The summed E-state index contributed by atoms with van der Waals surface area (Å²) in [7, 11) is 0. The van der Waals surface area contributed by atoms with Crippen LogP contribution < -0.4 is 10.2 Å². The van der Waals surface area contributed by atoms with Crippen molar-refractivity contribution < 1.29 is 4.79 Å². The van der Waals surface area contributed by atoms with Crippen LogP contribution in [0.5, 0.6) is 0 Å². The molecular weight excluding hydrogens is 238 g/mol. The summed E-state index contributed by atoms with van der Waals surface area (Å²) in [5, 5.41) is 2.98. The Bertz CT molecular complexity index is 385. The lowest BCUT2D eigenvalue weighted by Crippen LogP contribution is -2.32. The third kappa shape index (κ3) is 4.54. The molecule has 1 aromatic rings. The predicted octanol–water partition coefficient (Wildman–Crippen LogP) is 2.85. The lowest BCUT2D eigenvalue weighted by atomic mass is 10.2. The Morgan fingerprint density at radius 3 is 2.47 bits per heavy atom. The third-order valence-corrected chi connectivity index (χ3v) is 3.20. The summed E-state index contributed by atoms with van der Waals surface area (Å²) in [6, 6.07) is 3.96. The smallest absolute Gasteiger partial charge is 0.253 e. The molecule has 1 rings (SSSR count). The number of rotatable bonds is 7. The number of aromatic nitrogens is 1. The summed E-state index contributed by atoms with van der Waals surface area (Å²) in [4.78, 5) is 18.5. The van der Waals surface area contributed by atoms with Crippen molar-refractivity contribution in [1.29, 1.82) is 0 Å². The van der Waals surface area contributed by atoms with Crippen LogP contribution in [0, 0.1) is 0 Å². The monoisotopic (exact) mass is 263 g/mol. The van der Waals surface area contributed by atoms with Crippen molar-refractivity contribution >= 4 is 11.7 Å². The van der Waals surface area contributed by atoms with E-state index in [0.717, 1.165) is 31.7 Å². The van der Waals surface area contributed by atoms with E-state index in [9.17, 15) is 4.79 Å². The zero-order valence-electron chi connectivity index (χ0n) is 12.4. The van der Waals surface area contributed by atoms with Gasteiger partial charge < -0.3 is 10.2 Å². The van der Waals surface area contributed by atoms with Gasteiger partial charge in [-0.1, -0.05) is 13.3 Å². The van der Waals surface area contributed by atoms with Gasteiger partial charge in [0, 0.05) is 25.3 Å². The van der Waals surface area contributed by atoms with Crippen molar-refractivity contribution in [2.45, 2.75) is 46.6 Å². The minimum absolute atomic E-state index is 0.0421. The molecule has 0 aliphatic heterocycles. The van der Waals surface area contributed by atoms with Crippen molar-refractivity contribution in [3.05, 3.63) is 23.9 Å². The first kappa shape index (κ1) is 15.5. The predicted molar refractivity (Wildman–Crippen MR) is 79.6 cm³/mol. The summed E-state index contributed by atoms with van der Waals surface area (Å²) >= 11 is 0. The molecule has 4 heteroatoms. The van der Waals surface area contributed by atoms with Crippen LogP contribution in [-0.2, 0) is 0 Å². The van der Waals surface area contributed by atoms with Crippen LogP contribution in [0.3, 0.4) is 0 Å². The number of hydrogen-bond donors (Lipinski definition) is 1. The van der Waals surface area contributed by atoms with Crippen LogP contribution in [0.1, 0.15) is 50.9 Å². The third-order valence-electron chi connectivity index (χ3n) is 3.20. The van der Waals surface area contributed by atoms with Crippen LogP contribution >= 0.6 is 0 Å². The molecule has 0 aromatic carbocycles. The highest BCUT2D eigenvalue weighted by Crippen LogP contribution is 2.11. The zero-order valence-corrected chi connectivity index (χ0v) is 12.4. The fourth-order valence-electron chi connectivity index (χ4n) is 2.07. The lowest BCUT2D eigenvalue weighted by Gasteiger charge is -2.19. The zero-order chi connectivity index (χ0) is 14.3. The first-order chi connectivity index (χ1) is 9.12. The number of amides is 1. The SMILES string of the molecule is CCCC(C)NC(=O)c1ccc(N(CC)CC)nc1. The number of carbonyl (C=O) groups excluding carboxylic acids is 1. The van der Waals surface area contributed by atoms with E-state index in [4.69, 9.17) is 0 Å². The van der Waals surface area contributed by atoms with E-state index in [-0.39, 0.29) is 11.9 Å². The van der Waals surface area contributed by atoms with Gasteiger partial charge in [0.05, 0.1) is 5.56 Å². The van der Waals surface area contributed by atoms with Gasteiger partial charge in [0.2, 0.25) is 0 Å². The summed E-state index contributed by atoms with van der Waals surface area (Å²) < 4.78 is 0. The molecule has 0 aliphatic rings. The first-order valence-corrected chi connectivity index (χ1v) is 7.14. The van der Waals surface area contributed by atoms with Crippen LogP contribution in [-0.4, -0.2) is 30.0 Å². The average Bonchev–Trinajstić information content (AvgIpc) is 2.41. The molecule has 1 N–H and O–H groups in total. The van der Waals surface area contributed by atoms with Crippen molar-refractivity contribution in [3.63, 3.8) is 0 Å². The molecule has 1 unspecified atom stereocenters. The number of anilines is 1. The minimum Gasteiger partial charge on any atom is -0.357 e. The molecule has 1 atom stereocenters. The summed E-state index contributed by atoms with van der Waals surface area (Å²) in [6.45, 7) is 10.2. The van der Waals surface area contributed by atoms with Gasteiger partial charge in [0.1, 0.15) is 5.82 Å². The fourth-order valence-corrected chi connectivity index (χ4v) is 2.07. The van der Waals surface area contributed by atoms with Crippen LogP contribution in [0.4, 0.5) is 5.82 Å². The summed E-state index contributed by atoms with van der Waals surface area (Å²) in [6.07, 6.45) is 3.72. The Hall–Kier alpha value is -1.58. The average molecular weight is 263 g/mol. The van der Waals surface area contributed by atoms with Gasteiger partial charge in [0.25, 0.3) is 5.91 Å². The van der Waals surface area contributed by atoms with Crippen LogP contribution in [0.25, 0.3) is 0 Å². The highest BCUT2D eigenvalue weighted by molar-refractivity contribution is 5.94. The second-order valence-electron chi connectivity index (χ2n) is 4.74. The van der Waals surface area contributed by atoms with Gasteiger partial charge in [-0.25, -0.2) is 4.98 Å². The minimum atomic E-state index is -0.0421. The molecule has 0 fully saturated rings. The van der Waals surface area contributed by atoms with Crippen LogP contribution in [0.15, 0.2) is 18.3 Å². The first-order valence-electron chi connectivity index (χ1n) is 7.14. The maximum atomic E-state index is 12.0. The van der Waals surface area contributed by atoms with E-state index < -0.39 is 0 Å². The molecule has 0 radical (unpaired) electrons. The number of carbonyl (C=O) groups is 1. The molecule has 0 saturated carbocycles. The maximum absolute atomic E-state index is 12.0. The van der Waals surface area contributed by atoms with Crippen molar-refractivity contribution in [2.75, 3.05) is 18.0 Å². The molecule has 0 saturated heterocycles. The van der Waals surface area contributed by atoms with Gasteiger partial charge in [-0.3, -0.25) is 4.79 Å². The Balaban J connectivity index is 2.67. The fraction of sp³-hybridized carbons (Fsp3) is 0.600. The Labute approximate surface area is 116 Å². The number of nitrogens with zero attached hydrogens (tertiary/aromatic N) is 2. The molecule has 1 aromatic heterocycles. The quantitative estimate of drug-likeness (QED) is 0.822. The van der Waals surface area contributed by atoms with Gasteiger partial charge in [-0.2, -0.15) is 0 Å². The van der Waals surface area contributed by atoms with Gasteiger partial charge in [-0.05, 0) is 39.3 Å². The maximum Gasteiger partial charge on any atom is 0.253 e. The summed E-state index contributed by atoms with van der Waals surface area (Å²) in [5.41, 5.74) is 0.624. The van der Waals surface area contributed by atoms with E-state index in [0.29, 0.717) is 5.56 Å². The Morgan fingerprint density at radius 2 is 2.00 bits per heavy atom. The molecule has 4 nitrogen and oxygen atoms in total. The van der Waals surface area contributed by atoms with Gasteiger partial charge in [-0.15, -0.1) is 0 Å². The second kappa shape index (κ2) is 7.77. The number of nitrogens with one attached hydrogen (secondary N) is 1. The van der Waals surface area contributed by atoms with E-state index in [2.05, 4.69) is 36.0 Å². The largest absolute Gasteiger partial charge is 0.357 e. The van der Waals surface area contributed by atoms with E-state index in [1.807, 2.05) is 19.1 Å². The van der Waals surface area contributed by atoms with E-state index in [1.165, 1.54) is 0 Å². The molecule has 19 heavy (non-hydrogen) atoms. The highest BCUT2D eigenvalue weighted by Gasteiger charge is 2.10. The molecule has 0 aliphatic carbocycles. The summed E-state index contributed by atoms with van der Waals surface area (Å²) in [5.74, 6) is 0.878. The van der Waals surface area contributed by atoms with Crippen LogP contribution in [0.2, 0.25) is 0 Å². The van der Waals surface area contributed by atoms with Crippen molar-refractivity contribution in [3.8, 4) is 0 Å². The molecule has 1 heterocycles. The Morgan fingerprint density at radius 1 is 1.32 bits per heavy atom. The van der Waals surface area contributed by atoms with E-state index >= 15 is 0 Å².